The van der Waals surface area contributed by atoms with Crippen LogP contribution >= 0.6 is 0 Å². The van der Waals surface area contributed by atoms with Gasteiger partial charge in [0.25, 0.3) is 0 Å². The zero-order valence-electron chi connectivity index (χ0n) is 20.3. The van der Waals surface area contributed by atoms with Crippen LogP contribution in [0.15, 0.2) is 71.8 Å². The molecule has 6 rings (SSSR count). The van der Waals surface area contributed by atoms with Crippen molar-refractivity contribution in [2.75, 3.05) is 56.2 Å². The Bertz CT molecular complexity index is 1340. The monoisotopic (exact) mass is 524 g/mol. The van der Waals surface area contributed by atoms with Gasteiger partial charge in [0, 0.05) is 50.7 Å². The van der Waals surface area contributed by atoms with Gasteiger partial charge >= 0.3 is 0 Å². The van der Waals surface area contributed by atoms with E-state index in [0.29, 0.717) is 81.0 Å². The van der Waals surface area contributed by atoms with Crippen molar-refractivity contribution in [2.24, 2.45) is 17.8 Å². The molecule has 0 spiro atoms. The quantitative estimate of drug-likeness (QED) is 0.480. The van der Waals surface area contributed by atoms with Crippen LogP contribution < -0.4 is 15.0 Å². The van der Waals surface area contributed by atoms with Gasteiger partial charge in [0.2, 0.25) is 15.9 Å². The molecular weight excluding hydrogens is 495 g/mol. The van der Waals surface area contributed by atoms with Crippen LogP contribution in [0.1, 0.15) is 0 Å². The fraction of sp³-hybridized carbons (Fsp3) is 0.370. The first-order valence-electron chi connectivity index (χ1n) is 12.5. The van der Waals surface area contributed by atoms with Crippen molar-refractivity contribution in [3.8, 4) is 11.6 Å². The smallest absolute Gasteiger partial charge is 0.243 e. The van der Waals surface area contributed by atoms with Crippen LogP contribution in [-0.4, -0.2) is 63.6 Å². The number of anilines is 2. The summed E-state index contributed by atoms with van der Waals surface area (Å²) in [6.45, 7) is 4.34. The van der Waals surface area contributed by atoms with Crippen molar-refractivity contribution in [1.82, 2.24) is 9.29 Å². The van der Waals surface area contributed by atoms with Crippen LogP contribution in [0.2, 0.25) is 0 Å². The highest BCUT2D eigenvalue weighted by molar-refractivity contribution is 7.89. The van der Waals surface area contributed by atoms with E-state index < -0.39 is 10.0 Å². The van der Waals surface area contributed by atoms with Gasteiger partial charge in [-0.1, -0.05) is 6.07 Å². The first kappa shape index (κ1) is 24.1. The van der Waals surface area contributed by atoms with Gasteiger partial charge in [0.1, 0.15) is 11.6 Å². The number of sulfonamides is 1. The number of hydrogen-bond donors (Lipinski definition) is 1. The van der Waals surface area contributed by atoms with Crippen molar-refractivity contribution in [3.63, 3.8) is 0 Å². The summed E-state index contributed by atoms with van der Waals surface area (Å²) < 4.78 is 53.6. The molecule has 2 atom stereocenters. The highest BCUT2D eigenvalue weighted by Crippen LogP contribution is 2.52. The van der Waals surface area contributed by atoms with Gasteiger partial charge in [0.05, 0.1) is 23.8 Å². The fourth-order valence-corrected chi connectivity index (χ4v) is 6.89. The standard InChI is InChI=1S/C27H29FN4O4S/c28-25-15-19(4-9-26(25)31-11-13-35-14-12-31)30-16-22-23-17-32(18-24(22)23)37(33,34)21-7-5-20(6-8-21)36-27-3-1-2-10-29-27/h1-10,15,22-24,30H,11-14,16-18H2. The number of nitrogens with one attached hydrogen (secondary N) is 1. The molecule has 3 heterocycles. The second kappa shape index (κ2) is 9.92. The maximum absolute atomic E-state index is 14.7. The number of fused-ring (bicyclic) bond motifs is 1. The molecule has 3 aliphatic rings. The van der Waals surface area contributed by atoms with E-state index >= 15 is 0 Å². The van der Waals surface area contributed by atoms with Crippen LogP contribution in [0.4, 0.5) is 15.8 Å². The summed E-state index contributed by atoms with van der Waals surface area (Å²) in [4.78, 5) is 6.37. The molecule has 1 aliphatic carbocycles. The summed E-state index contributed by atoms with van der Waals surface area (Å²) in [6, 6.07) is 17.1. The predicted octanol–water partition coefficient (Wildman–Crippen LogP) is 3.83. The van der Waals surface area contributed by atoms with Crippen LogP contribution in [0, 0.1) is 23.6 Å². The van der Waals surface area contributed by atoms with E-state index in [1.807, 2.05) is 23.1 Å². The second-order valence-corrected chi connectivity index (χ2v) is 11.6. The molecule has 0 amide bonds. The normalized spacial score (nSPS) is 23.5. The minimum Gasteiger partial charge on any atom is -0.439 e. The number of benzene rings is 2. The van der Waals surface area contributed by atoms with Crippen molar-refractivity contribution in [3.05, 3.63) is 72.7 Å². The zero-order chi connectivity index (χ0) is 25.4. The molecule has 10 heteroatoms. The van der Waals surface area contributed by atoms with Crippen molar-refractivity contribution in [2.45, 2.75) is 4.90 Å². The lowest BCUT2D eigenvalue weighted by Gasteiger charge is -2.29. The molecule has 2 aromatic carbocycles. The SMILES string of the molecule is O=S(=O)(c1ccc(Oc2ccccn2)cc1)N1CC2C(CNc3ccc(N4CCOCC4)c(F)c3)C2C1. The lowest BCUT2D eigenvalue weighted by Crippen LogP contribution is -2.36. The molecule has 37 heavy (non-hydrogen) atoms. The van der Waals surface area contributed by atoms with Gasteiger partial charge in [-0.3, -0.25) is 0 Å². The number of rotatable bonds is 8. The predicted molar refractivity (Wildman–Crippen MR) is 138 cm³/mol. The second-order valence-electron chi connectivity index (χ2n) is 9.70. The summed E-state index contributed by atoms with van der Waals surface area (Å²) in [6.07, 6.45) is 1.64. The fourth-order valence-electron chi connectivity index (χ4n) is 5.38. The summed E-state index contributed by atoms with van der Waals surface area (Å²) >= 11 is 0. The van der Waals surface area contributed by atoms with Crippen LogP contribution in [0.5, 0.6) is 11.6 Å². The van der Waals surface area contributed by atoms with Gasteiger partial charge in [-0.05, 0) is 66.3 Å². The molecule has 1 N–H and O–H groups in total. The minimum atomic E-state index is -3.56. The summed E-state index contributed by atoms with van der Waals surface area (Å²) in [5, 5.41) is 3.35. The number of nitrogens with zero attached hydrogens (tertiary/aromatic N) is 3. The third-order valence-corrected chi connectivity index (χ3v) is 9.35. The Labute approximate surface area is 216 Å². The number of piperidine rings is 1. The van der Waals surface area contributed by atoms with E-state index in [2.05, 4.69) is 10.3 Å². The Morgan fingerprint density at radius 1 is 1.03 bits per heavy atom. The van der Waals surface area contributed by atoms with Crippen LogP contribution in [-0.2, 0) is 14.8 Å². The molecule has 1 saturated carbocycles. The van der Waals surface area contributed by atoms with E-state index in [-0.39, 0.29) is 10.7 Å². The molecule has 2 aliphatic heterocycles. The topological polar surface area (TPSA) is 84.0 Å². The van der Waals surface area contributed by atoms with E-state index in [4.69, 9.17) is 9.47 Å². The van der Waals surface area contributed by atoms with Gasteiger partial charge in [-0.25, -0.2) is 17.8 Å². The lowest BCUT2D eigenvalue weighted by atomic mass is 10.2. The molecule has 8 nitrogen and oxygen atoms in total. The van der Waals surface area contributed by atoms with E-state index in [1.165, 1.54) is 0 Å². The Kier molecular flexibility index (Phi) is 6.48. The Morgan fingerprint density at radius 3 is 2.46 bits per heavy atom. The zero-order valence-corrected chi connectivity index (χ0v) is 21.1. The number of ether oxygens (including phenoxy) is 2. The van der Waals surface area contributed by atoms with Crippen LogP contribution in [0.25, 0.3) is 0 Å². The van der Waals surface area contributed by atoms with Crippen LogP contribution in [0.3, 0.4) is 0 Å². The van der Waals surface area contributed by atoms with E-state index in [1.54, 1.807) is 53.0 Å². The largest absolute Gasteiger partial charge is 0.439 e. The van der Waals surface area contributed by atoms with Crippen molar-refractivity contribution >= 4 is 21.4 Å². The average Bonchev–Trinajstić information content (AvgIpc) is 3.36. The molecule has 3 fully saturated rings. The molecule has 2 saturated heterocycles. The Balaban J connectivity index is 1.01. The molecule has 2 unspecified atom stereocenters. The van der Waals surface area contributed by atoms with Gasteiger partial charge in [-0.15, -0.1) is 0 Å². The van der Waals surface area contributed by atoms with Crippen molar-refractivity contribution < 1.29 is 22.3 Å². The molecule has 1 aromatic heterocycles. The minimum absolute atomic E-state index is 0.239. The van der Waals surface area contributed by atoms with Gasteiger partial charge in [-0.2, -0.15) is 4.31 Å². The van der Waals surface area contributed by atoms with E-state index in [9.17, 15) is 12.8 Å². The molecule has 0 radical (unpaired) electrons. The maximum atomic E-state index is 14.7. The van der Waals surface area contributed by atoms with E-state index in [0.717, 1.165) is 5.69 Å². The van der Waals surface area contributed by atoms with Gasteiger partial charge < -0.3 is 19.7 Å². The lowest BCUT2D eigenvalue weighted by molar-refractivity contribution is 0.122. The first-order chi connectivity index (χ1) is 18.0. The number of halogens is 1. The first-order valence-corrected chi connectivity index (χ1v) is 14.0. The number of hydrogen-bond acceptors (Lipinski definition) is 7. The highest BCUT2D eigenvalue weighted by atomic mass is 32.2. The number of aromatic nitrogens is 1. The maximum Gasteiger partial charge on any atom is 0.243 e. The van der Waals surface area contributed by atoms with Crippen molar-refractivity contribution in [1.29, 1.82) is 0 Å². The number of morpholine rings is 1. The molecule has 194 valence electrons. The summed E-state index contributed by atoms with van der Waals surface area (Å²) in [5.74, 6) is 1.79. The third-order valence-electron chi connectivity index (χ3n) is 7.50. The molecule has 0 bridgehead atoms. The molecule has 3 aromatic rings. The Hall–Kier alpha value is -3.21. The Morgan fingerprint density at radius 2 is 1.78 bits per heavy atom. The van der Waals surface area contributed by atoms with Gasteiger partial charge in [0.15, 0.2) is 0 Å². The summed E-state index contributed by atoms with van der Waals surface area (Å²) in [5.41, 5.74) is 1.35. The number of pyridine rings is 1. The highest BCUT2D eigenvalue weighted by Gasteiger charge is 2.57. The third kappa shape index (κ3) is 5.01. The molecular formula is C27H29FN4O4S. The average molecular weight is 525 g/mol. The summed E-state index contributed by atoms with van der Waals surface area (Å²) in [7, 11) is -3.56.